The van der Waals surface area contributed by atoms with Crippen LogP contribution in [0.3, 0.4) is 0 Å². The Labute approximate surface area is 101 Å². The monoisotopic (exact) mass is 237 g/mol. The Bertz CT molecular complexity index is 366. The molecule has 0 amide bonds. The summed E-state index contributed by atoms with van der Waals surface area (Å²) in [5.41, 5.74) is 0. The number of carbonyl (C=O) groups is 1. The van der Waals surface area contributed by atoms with Crippen LogP contribution >= 0.6 is 0 Å². The van der Waals surface area contributed by atoms with Gasteiger partial charge < -0.3 is 9.47 Å². The first-order valence-electron chi connectivity index (χ1n) is 6.86. The van der Waals surface area contributed by atoms with Crippen LogP contribution in [0.25, 0.3) is 0 Å². The van der Waals surface area contributed by atoms with E-state index in [-0.39, 0.29) is 17.8 Å². The Hall–Kier alpha value is -0.610. The Balaban J connectivity index is 1.80. The summed E-state index contributed by atoms with van der Waals surface area (Å²) in [5.74, 6) is -0.349. The highest BCUT2D eigenvalue weighted by atomic mass is 16.7. The summed E-state index contributed by atoms with van der Waals surface area (Å²) in [6.07, 6.45) is 4.61. The maximum atomic E-state index is 11.8. The van der Waals surface area contributed by atoms with Crippen LogP contribution in [0.5, 0.6) is 0 Å². The number of hydrogen-bond acceptors (Lipinski definition) is 4. The van der Waals surface area contributed by atoms with E-state index in [4.69, 9.17) is 9.47 Å². The molecule has 2 unspecified atom stereocenters. The minimum atomic E-state index is -0.565. The van der Waals surface area contributed by atoms with Crippen molar-refractivity contribution in [2.75, 3.05) is 13.1 Å². The van der Waals surface area contributed by atoms with E-state index in [0.29, 0.717) is 12.1 Å². The number of rotatable bonds is 0. The molecule has 4 aliphatic rings. The molecule has 0 spiro atoms. The molecule has 0 aromatic rings. The standard InChI is InChI=1S/C13H19NO3/c1-8-10-11-9-4-2-6-14(11)7-3-5-13(10,16-9)17-12(8)15/h8-11H,2-7H2,1H3/t8-,9-,10?,11?,13+/m0/s1. The van der Waals surface area contributed by atoms with Gasteiger partial charge in [-0.05, 0) is 32.4 Å². The molecule has 0 aromatic heterocycles. The fourth-order valence-electron chi connectivity index (χ4n) is 4.48. The summed E-state index contributed by atoms with van der Waals surface area (Å²) in [5, 5.41) is 0. The average molecular weight is 237 g/mol. The van der Waals surface area contributed by atoms with Gasteiger partial charge in [-0.3, -0.25) is 9.69 Å². The Kier molecular flexibility index (Phi) is 1.96. The van der Waals surface area contributed by atoms with E-state index in [1.165, 1.54) is 6.42 Å². The van der Waals surface area contributed by atoms with Crippen molar-refractivity contribution in [1.82, 2.24) is 4.90 Å². The van der Waals surface area contributed by atoms with Crippen molar-refractivity contribution in [1.29, 1.82) is 0 Å². The topological polar surface area (TPSA) is 38.8 Å². The highest BCUT2D eigenvalue weighted by molar-refractivity contribution is 5.75. The molecule has 5 atom stereocenters. The van der Waals surface area contributed by atoms with E-state index in [9.17, 15) is 4.79 Å². The van der Waals surface area contributed by atoms with Crippen molar-refractivity contribution in [2.45, 2.75) is 50.5 Å². The zero-order chi connectivity index (χ0) is 11.6. The van der Waals surface area contributed by atoms with Crippen molar-refractivity contribution in [2.24, 2.45) is 11.8 Å². The van der Waals surface area contributed by atoms with Gasteiger partial charge in [-0.25, -0.2) is 0 Å². The van der Waals surface area contributed by atoms with E-state index in [0.717, 1.165) is 32.4 Å². The second-order valence-corrected chi connectivity index (χ2v) is 5.98. The number of esters is 1. The maximum absolute atomic E-state index is 11.8. The quantitative estimate of drug-likeness (QED) is 0.592. The number of carbonyl (C=O) groups excluding carboxylic acids is 1. The molecule has 0 saturated carbocycles. The molecule has 2 bridgehead atoms. The Morgan fingerprint density at radius 1 is 1.35 bits per heavy atom. The largest absolute Gasteiger partial charge is 0.432 e. The fraction of sp³-hybridized carbons (Fsp3) is 0.923. The zero-order valence-corrected chi connectivity index (χ0v) is 10.2. The molecule has 0 radical (unpaired) electrons. The highest BCUT2D eigenvalue weighted by Gasteiger charge is 2.67. The van der Waals surface area contributed by atoms with Gasteiger partial charge in [-0.15, -0.1) is 0 Å². The lowest BCUT2D eigenvalue weighted by atomic mass is 9.80. The number of piperidine rings is 1. The lowest BCUT2D eigenvalue weighted by Crippen LogP contribution is -2.50. The van der Waals surface area contributed by atoms with Crippen LogP contribution in [0, 0.1) is 11.8 Å². The van der Waals surface area contributed by atoms with Crippen molar-refractivity contribution in [3.05, 3.63) is 0 Å². The fourth-order valence-corrected chi connectivity index (χ4v) is 4.48. The summed E-state index contributed by atoms with van der Waals surface area (Å²) in [4.78, 5) is 14.4. The molecule has 4 aliphatic heterocycles. The molecular weight excluding hydrogens is 218 g/mol. The van der Waals surface area contributed by atoms with Crippen molar-refractivity contribution in [3.63, 3.8) is 0 Å². The van der Waals surface area contributed by atoms with Crippen LogP contribution in [0.1, 0.15) is 32.6 Å². The Morgan fingerprint density at radius 2 is 2.18 bits per heavy atom. The van der Waals surface area contributed by atoms with Crippen LogP contribution in [0.4, 0.5) is 0 Å². The van der Waals surface area contributed by atoms with Crippen LogP contribution in [0.2, 0.25) is 0 Å². The molecule has 4 heteroatoms. The van der Waals surface area contributed by atoms with Gasteiger partial charge >= 0.3 is 5.97 Å². The molecule has 0 N–H and O–H groups in total. The summed E-state index contributed by atoms with van der Waals surface area (Å²) >= 11 is 0. The second-order valence-electron chi connectivity index (χ2n) is 5.98. The predicted molar refractivity (Wildman–Crippen MR) is 60.2 cm³/mol. The number of ether oxygens (including phenoxy) is 2. The van der Waals surface area contributed by atoms with Crippen LogP contribution in [0.15, 0.2) is 0 Å². The van der Waals surface area contributed by atoms with Gasteiger partial charge in [-0.2, -0.15) is 0 Å². The van der Waals surface area contributed by atoms with Crippen LogP contribution in [-0.2, 0) is 14.3 Å². The lowest BCUT2D eigenvalue weighted by molar-refractivity contribution is -0.222. The molecule has 4 fully saturated rings. The van der Waals surface area contributed by atoms with Crippen molar-refractivity contribution < 1.29 is 14.3 Å². The van der Waals surface area contributed by atoms with Gasteiger partial charge in [0.15, 0.2) is 0 Å². The molecule has 4 rings (SSSR count). The third kappa shape index (κ3) is 1.18. The second kappa shape index (κ2) is 3.23. The molecule has 4 nitrogen and oxygen atoms in total. The normalized spacial score (nSPS) is 53.1. The SMILES string of the molecule is C[C@@H]1C(=O)O[C@@]23CCCN4CCC[C@H](O2)C4C13. The van der Waals surface area contributed by atoms with Gasteiger partial charge in [0.25, 0.3) is 0 Å². The van der Waals surface area contributed by atoms with Crippen molar-refractivity contribution >= 4 is 5.97 Å². The van der Waals surface area contributed by atoms with Gasteiger partial charge in [0.2, 0.25) is 5.79 Å². The third-order valence-corrected chi connectivity index (χ3v) is 5.12. The lowest BCUT2D eigenvalue weighted by Gasteiger charge is -2.38. The number of hydrogen-bond donors (Lipinski definition) is 0. The Morgan fingerprint density at radius 3 is 3.06 bits per heavy atom. The summed E-state index contributed by atoms with van der Waals surface area (Å²) < 4.78 is 11.9. The van der Waals surface area contributed by atoms with Gasteiger partial charge in [0.1, 0.15) is 0 Å². The first-order chi connectivity index (χ1) is 8.21. The van der Waals surface area contributed by atoms with E-state index in [1.807, 2.05) is 6.92 Å². The van der Waals surface area contributed by atoms with Gasteiger partial charge in [0, 0.05) is 12.5 Å². The van der Waals surface area contributed by atoms with Gasteiger partial charge in [0.05, 0.1) is 17.9 Å². The maximum Gasteiger partial charge on any atom is 0.311 e. The zero-order valence-electron chi connectivity index (χ0n) is 10.2. The first kappa shape index (κ1) is 10.3. The molecular formula is C13H19NO3. The predicted octanol–water partition coefficient (Wildman–Crippen LogP) is 1.15. The van der Waals surface area contributed by atoms with Gasteiger partial charge in [-0.1, -0.05) is 6.92 Å². The van der Waals surface area contributed by atoms with E-state index < -0.39 is 5.79 Å². The molecule has 94 valence electrons. The van der Waals surface area contributed by atoms with Crippen molar-refractivity contribution in [3.8, 4) is 0 Å². The number of nitrogens with zero attached hydrogens (tertiary/aromatic N) is 1. The van der Waals surface area contributed by atoms with E-state index in [2.05, 4.69) is 4.90 Å². The minimum absolute atomic E-state index is 0.00343. The summed E-state index contributed by atoms with van der Waals surface area (Å²) in [7, 11) is 0. The first-order valence-corrected chi connectivity index (χ1v) is 6.86. The van der Waals surface area contributed by atoms with Crippen LogP contribution < -0.4 is 0 Å². The minimum Gasteiger partial charge on any atom is -0.432 e. The smallest absolute Gasteiger partial charge is 0.311 e. The highest BCUT2D eigenvalue weighted by Crippen LogP contribution is 2.54. The molecule has 17 heavy (non-hydrogen) atoms. The summed E-state index contributed by atoms with van der Waals surface area (Å²) in [6.45, 7) is 4.32. The molecule has 0 aromatic carbocycles. The summed E-state index contributed by atoms with van der Waals surface area (Å²) in [6, 6.07) is 0.424. The van der Waals surface area contributed by atoms with E-state index in [1.54, 1.807) is 0 Å². The van der Waals surface area contributed by atoms with E-state index >= 15 is 0 Å². The molecule has 4 saturated heterocycles. The molecule has 0 aliphatic carbocycles. The average Bonchev–Trinajstić information content (AvgIpc) is 2.66. The third-order valence-electron chi connectivity index (χ3n) is 5.12. The molecule has 4 heterocycles. The van der Waals surface area contributed by atoms with Crippen LogP contribution in [-0.4, -0.2) is 41.9 Å².